The lowest BCUT2D eigenvalue weighted by Crippen LogP contribution is -2.47. The van der Waals surface area contributed by atoms with Gasteiger partial charge in [-0.15, -0.1) is 0 Å². The number of carbonyl (C=O) groups excluding carboxylic acids is 2. The maximum absolute atomic E-state index is 11.7. The first-order valence-electron chi connectivity index (χ1n) is 5.80. The van der Waals surface area contributed by atoms with Gasteiger partial charge in [0.25, 0.3) is 0 Å². The topological polar surface area (TPSA) is 78.4 Å². The monoisotopic (exact) mass is 250 g/mol. The highest BCUT2D eigenvalue weighted by atomic mass is 16.3. The van der Waals surface area contributed by atoms with E-state index in [0.29, 0.717) is 6.54 Å². The van der Waals surface area contributed by atoms with Gasteiger partial charge in [0.05, 0.1) is 0 Å². The molecule has 5 nitrogen and oxygen atoms in total. The smallest absolute Gasteiger partial charge is 0.249 e. The predicted octanol–water partition coefficient (Wildman–Crippen LogP) is 0.188. The third-order valence-electron chi connectivity index (χ3n) is 2.44. The molecule has 0 aliphatic carbocycles. The van der Waals surface area contributed by atoms with Crippen molar-refractivity contribution >= 4 is 11.8 Å². The lowest BCUT2D eigenvalue weighted by Gasteiger charge is -2.15. The molecule has 0 aliphatic heterocycles. The second kappa shape index (κ2) is 6.76. The van der Waals surface area contributed by atoms with Crippen LogP contribution in [0, 0.1) is 0 Å². The maximum Gasteiger partial charge on any atom is 0.249 e. The van der Waals surface area contributed by atoms with E-state index < -0.39 is 18.1 Å². The fraction of sp³-hybridized carbons (Fsp3) is 0.385. The van der Waals surface area contributed by atoms with Crippen LogP contribution in [0.1, 0.15) is 19.4 Å². The van der Waals surface area contributed by atoms with Crippen molar-refractivity contribution in [1.29, 1.82) is 0 Å². The van der Waals surface area contributed by atoms with Crippen molar-refractivity contribution in [1.82, 2.24) is 10.6 Å². The molecular formula is C13H18N2O3. The number of rotatable bonds is 5. The number of hydrogen-bond donors (Lipinski definition) is 3. The molecule has 18 heavy (non-hydrogen) atoms. The quantitative estimate of drug-likeness (QED) is 0.698. The molecule has 0 saturated heterocycles. The zero-order valence-electron chi connectivity index (χ0n) is 10.5. The van der Waals surface area contributed by atoms with Crippen LogP contribution in [0.3, 0.4) is 0 Å². The van der Waals surface area contributed by atoms with Gasteiger partial charge < -0.3 is 15.7 Å². The van der Waals surface area contributed by atoms with Gasteiger partial charge in [-0.1, -0.05) is 30.3 Å². The molecule has 2 unspecified atom stereocenters. The predicted molar refractivity (Wildman–Crippen MR) is 67.6 cm³/mol. The lowest BCUT2D eigenvalue weighted by molar-refractivity contribution is -0.133. The molecule has 0 bridgehead atoms. The number of aliphatic hydroxyl groups excluding tert-OH is 1. The van der Waals surface area contributed by atoms with Gasteiger partial charge in [0.2, 0.25) is 11.8 Å². The van der Waals surface area contributed by atoms with Crippen molar-refractivity contribution in [3.05, 3.63) is 35.9 Å². The molecule has 1 aromatic carbocycles. The minimum Gasteiger partial charge on any atom is -0.384 e. The van der Waals surface area contributed by atoms with Crippen molar-refractivity contribution in [2.75, 3.05) is 0 Å². The molecule has 0 aliphatic rings. The summed E-state index contributed by atoms with van der Waals surface area (Å²) < 4.78 is 0. The average molecular weight is 250 g/mol. The number of hydrogen-bond acceptors (Lipinski definition) is 3. The lowest BCUT2D eigenvalue weighted by atomic mass is 10.2. The van der Waals surface area contributed by atoms with Gasteiger partial charge in [-0.3, -0.25) is 9.59 Å². The Hall–Kier alpha value is -1.88. The molecule has 1 rings (SSSR count). The Morgan fingerprint density at radius 2 is 1.78 bits per heavy atom. The van der Waals surface area contributed by atoms with E-state index >= 15 is 0 Å². The third-order valence-corrected chi connectivity index (χ3v) is 2.44. The van der Waals surface area contributed by atoms with Crippen LogP contribution in [-0.4, -0.2) is 29.1 Å². The van der Waals surface area contributed by atoms with Crippen LogP contribution in [0.5, 0.6) is 0 Å². The van der Waals surface area contributed by atoms with Gasteiger partial charge >= 0.3 is 0 Å². The fourth-order valence-corrected chi connectivity index (χ4v) is 1.34. The summed E-state index contributed by atoms with van der Waals surface area (Å²) in [6.07, 6.45) is -1.12. The van der Waals surface area contributed by atoms with Crippen LogP contribution in [-0.2, 0) is 16.1 Å². The van der Waals surface area contributed by atoms with Crippen LogP contribution >= 0.6 is 0 Å². The van der Waals surface area contributed by atoms with Gasteiger partial charge in [-0.25, -0.2) is 0 Å². The Kier molecular flexibility index (Phi) is 5.32. The molecule has 2 amide bonds. The van der Waals surface area contributed by atoms with E-state index in [-0.39, 0.29) is 5.91 Å². The van der Waals surface area contributed by atoms with Gasteiger partial charge in [0.15, 0.2) is 0 Å². The van der Waals surface area contributed by atoms with Crippen LogP contribution in [0.25, 0.3) is 0 Å². The normalized spacial score (nSPS) is 13.5. The van der Waals surface area contributed by atoms with E-state index in [4.69, 9.17) is 5.11 Å². The Labute approximate surface area is 106 Å². The summed E-state index contributed by atoms with van der Waals surface area (Å²) in [4.78, 5) is 22.9. The van der Waals surface area contributed by atoms with Crippen molar-refractivity contribution in [3.63, 3.8) is 0 Å². The van der Waals surface area contributed by atoms with Crippen LogP contribution in [0.2, 0.25) is 0 Å². The van der Waals surface area contributed by atoms with Crippen LogP contribution < -0.4 is 10.6 Å². The number of aliphatic hydroxyl groups is 1. The van der Waals surface area contributed by atoms with E-state index in [1.807, 2.05) is 30.3 Å². The first-order valence-corrected chi connectivity index (χ1v) is 5.80. The fourth-order valence-electron chi connectivity index (χ4n) is 1.34. The highest BCUT2D eigenvalue weighted by Gasteiger charge is 2.17. The van der Waals surface area contributed by atoms with E-state index in [1.54, 1.807) is 6.92 Å². The SMILES string of the molecule is CC(O)C(=O)NC(C)C(=O)NCc1ccccc1. The molecule has 0 radical (unpaired) electrons. The summed E-state index contributed by atoms with van der Waals surface area (Å²) in [5.41, 5.74) is 0.986. The Balaban J connectivity index is 2.39. The first kappa shape index (κ1) is 14.2. The highest BCUT2D eigenvalue weighted by Crippen LogP contribution is 1.97. The van der Waals surface area contributed by atoms with Crippen LogP contribution in [0.15, 0.2) is 30.3 Å². The van der Waals surface area contributed by atoms with Gasteiger partial charge in [0.1, 0.15) is 12.1 Å². The zero-order chi connectivity index (χ0) is 13.5. The molecular weight excluding hydrogens is 232 g/mol. The van der Waals surface area contributed by atoms with Gasteiger partial charge in [-0.2, -0.15) is 0 Å². The number of amides is 2. The standard InChI is InChI=1S/C13H18N2O3/c1-9(15-13(18)10(2)16)12(17)14-8-11-6-4-3-5-7-11/h3-7,9-10,16H,8H2,1-2H3,(H,14,17)(H,15,18). The first-order chi connectivity index (χ1) is 8.50. The molecule has 1 aromatic rings. The molecule has 0 spiro atoms. The van der Waals surface area contributed by atoms with Crippen molar-refractivity contribution in [2.24, 2.45) is 0 Å². The Morgan fingerprint density at radius 1 is 1.17 bits per heavy atom. The van der Waals surface area contributed by atoms with Crippen LogP contribution in [0.4, 0.5) is 0 Å². The van der Waals surface area contributed by atoms with E-state index in [1.165, 1.54) is 6.92 Å². The van der Waals surface area contributed by atoms with E-state index in [2.05, 4.69) is 10.6 Å². The molecule has 5 heteroatoms. The average Bonchev–Trinajstić information content (AvgIpc) is 2.36. The minimum absolute atomic E-state index is 0.284. The summed E-state index contributed by atoms with van der Waals surface area (Å²) >= 11 is 0. The van der Waals surface area contributed by atoms with E-state index in [9.17, 15) is 9.59 Å². The van der Waals surface area contributed by atoms with Crippen molar-refractivity contribution < 1.29 is 14.7 Å². The molecule has 0 aromatic heterocycles. The largest absolute Gasteiger partial charge is 0.384 e. The van der Waals surface area contributed by atoms with E-state index in [0.717, 1.165) is 5.56 Å². The summed E-state index contributed by atoms with van der Waals surface area (Å²) in [7, 11) is 0. The summed E-state index contributed by atoms with van der Waals surface area (Å²) in [5, 5.41) is 14.1. The minimum atomic E-state index is -1.12. The number of carbonyl (C=O) groups is 2. The highest BCUT2D eigenvalue weighted by molar-refractivity contribution is 5.88. The summed E-state index contributed by atoms with van der Waals surface area (Å²) in [6.45, 7) is 3.33. The second-order valence-corrected chi connectivity index (χ2v) is 4.11. The molecule has 0 saturated carbocycles. The molecule has 3 N–H and O–H groups in total. The van der Waals surface area contributed by atoms with Gasteiger partial charge in [0, 0.05) is 6.54 Å². The number of nitrogens with one attached hydrogen (secondary N) is 2. The summed E-state index contributed by atoms with van der Waals surface area (Å²) in [5.74, 6) is -0.842. The molecule has 98 valence electrons. The van der Waals surface area contributed by atoms with Crippen molar-refractivity contribution in [3.8, 4) is 0 Å². The van der Waals surface area contributed by atoms with Gasteiger partial charge in [-0.05, 0) is 19.4 Å². The zero-order valence-corrected chi connectivity index (χ0v) is 10.5. The third kappa shape index (κ3) is 4.55. The Morgan fingerprint density at radius 3 is 2.33 bits per heavy atom. The second-order valence-electron chi connectivity index (χ2n) is 4.11. The van der Waals surface area contributed by atoms with Crippen molar-refractivity contribution in [2.45, 2.75) is 32.5 Å². The molecule has 0 heterocycles. The Bertz CT molecular complexity index is 404. The molecule has 2 atom stereocenters. The summed E-state index contributed by atoms with van der Waals surface area (Å²) in [6, 6.07) is 8.81. The maximum atomic E-state index is 11.7. The number of benzene rings is 1. The molecule has 0 fully saturated rings.